The molecule has 3 unspecified atom stereocenters. The van der Waals surface area contributed by atoms with Gasteiger partial charge in [-0.05, 0) is 0 Å². The standard InChI is InChI=1S/C27H36F2IN2O3/c1-17(33)32-25(30-15-19-10-20(28)13-21(29)11-19)23(34)16-31-27(5)8-9-35-24-7-6-18(12-22(24)27)14-26(2,3)4/h6-7,10-13,23,25,31,34H,8-9,14-16H2,1-5H3,(H,32,33)/q-1. The first-order valence-corrected chi connectivity index (χ1v) is 14.6. The Morgan fingerprint density at radius 3 is 2.49 bits per heavy atom. The second kappa shape index (κ2) is 11.5. The van der Waals surface area contributed by atoms with Gasteiger partial charge in [-0.1, -0.05) is 0 Å². The number of ether oxygens (including phenoxy) is 1. The van der Waals surface area contributed by atoms with Gasteiger partial charge >= 0.3 is 218 Å². The van der Waals surface area contributed by atoms with Crippen LogP contribution < -0.4 is 36.6 Å². The minimum absolute atomic E-state index is 0.156. The molecule has 0 aliphatic carbocycles. The number of nitrogens with one attached hydrogen (secondary N) is 2. The molecule has 3 rings (SSSR count). The van der Waals surface area contributed by atoms with Crippen molar-refractivity contribution < 1.29 is 44.6 Å². The van der Waals surface area contributed by atoms with E-state index in [0.29, 0.717) is 16.6 Å². The number of alkyl halides is 2. The second-order valence-corrected chi connectivity index (χ2v) is 13.6. The van der Waals surface area contributed by atoms with E-state index in [-0.39, 0.29) is 17.9 Å². The molecule has 8 heteroatoms. The summed E-state index contributed by atoms with van der Waals surface area (Å²) >= 11 is -0.822. The molecule has 1 aliphatic rings. The number of halogens is 3. The number of aliphatic hydroxyl groups excluding tert-OH is 1. The Bertz CT molecular complexity index is 1020. The molecule has 1 aliphatic heterocycles. The van der Waals surface area contributed by atoms with Gasteiger partial charge in [0.25, 0.3) is 0 Å². The summed E-state index contributed by atoms with van der Waals surface area (Å²) in [5.41, 5.74) is 2.59. The van der Waals surface area contributed by atoms with Crippen LogP contribution in [0.4, 0.5) is 8.78 Å². The molecule has 2 aromatic carbocycles. The number of fused-ring (bicyclic) bond motifs is 1. The van der Waals surface area contributed by atoms with Crippen molar-refractivity contribution in [1.29, 1.82) is 0 Å². The fourth-order valence-corrected chi connectivity index (χ4v) is 7.19. The molecule has 0 saturated carbocycles. The zero-order valence-electron chi connectivity index (χ0n) is 21.1. The number of amides is 1. The van der Waals surface area contributed by atoms with Crippen LogP contribution in [0.2, 0.25) is 0 Å². The Kier molecular flexibility index (Phi) is 9.15. The SMILES string of the molecule is CC(=O)NC([I-]Cc1cc(F)cc(F)c1)C(O)CNC1(C)CCOc2ccc(CC(C)(C)C)cc21. The normalized spacial score (nSPS) is 19.5. The van der Waals surface area contributed by atoms with Gasteiger partial charge in [0, 0.05) is 0 Å². The van der Waals surface area contributed by atoms with E-state index >= 15 is 0 Å². The van der Waals surface area contributed by atoms with Crippen molar-refractivity contribution in [3.05, 3.63) is 64.7 Å². The van der Waals surface area contributed by atoms with Gasteiger partial charge in [0.1, 0.15) is 0 Å². The third-order valence-electron chi connectivity index (χ3n) is 5.93. The molecule has 0 radical (unpaired) electrons. The summed E-state index contributed by atoms with van der Waals surface area (Å²) in [5.74, 6) is -0.649. The van der Waals surface area contributed by atoms with Crippen molar-refractivity contribution >= 4 is 5.91 Å². The second-order valence-electron chi connectivity index (χ2n) is 10.6. The van der Waals surface area contributed by atoms with Crippen LogP contribution in [0.5, 0.6) is 5.75 Å². The maximum atomic E-state index is 13.6. The first kappa shape index (κ1) is 27.8. The Morgan fingerprint density at radius 1 is 1.17 bits per heavy atom. The van der Waals surface area contributed by atoms with Crippen LogP contribution in [-0.2, 0) is 21.2 Å². The molecular weight excluding hydrogens is 565 g/mol. The summed E-state index contributed by atoms with van der Waals surface area (Å²) in [4.78, 5) is 11.8. The zero-order valence-corrected chi connectivity index (χ0v) is 23.2. The van der Waals surface area contributed by atoms with Gasteiger partial charge in [-0.2, -0.15) is 0 Å². The van der Waals surface area contributed by atoms with E-state index in [2.05, 4.69) is 50.5 Å². The van der Waals surface area contributed by atoms with E-state index in [1.165, 1.54) is 24.6 Å². The Morgan fingerprint density at radius 2 is 1.86 bits per heavy atom. The monoisotopic (exact) mass is 601 g/mol. The predicted octanol–water partition coefficient (Wildman–Crippen LogP) is 1.25. The topological polar surface area (TPSA) is 70.6 Å². The number of benzene rings is 2. The fourth-order valence-electron chi connectivity index (χ4n) is 4.27. The van der Waals surface area contributed by atoms with E-state index < -0.39 is 48.5 Å². The molecule has 35 heavy (non-hydrogen) atoms. The summed E-state index contributed by atoms with van der Waals surface area (Å²) in [6.45, 7) is 11.0. The molecule has 0 aromatic heterocycles. The van der Waals surface area contributed by atoms with Gasteiger partial charge in [0.15, 0.2) is 0 Å². The van der Waals surface area contributed by atoms with Crippen molar-refractivity contribution in [2.75, 3.05) is 13.2 Å². The van der Waals surface area contributed by atoms with Gasteiger partial charge in [-0.3, -0.25) is 0 Å². The average Bonchev–Trinajstić information content (AvgIpc) is 2.74. The Balaban J connectivity index is 1.71. The zero-order chi connectivity index (χ0) is 25.8. The van der Waals surface area contributed by atoms with Gasteiger partial charge in [-0.15, -0.1) is 0 Å². The first-order chi connectivity index (χ1) is 16.3. The summed E-state index contributed by atoms with van der Waals surface area (Å²) in [5, 5.41) is 17.4. The van der Waals surface area contributed by atoms with Crippen LogP contribution in [0.3, 0.4) is 0 Å². The van der Waals surface area contributed by atoms with Crippen molar-refractivity contribution in [3.63, 3.8) is 0 Å². The summed E-state index contributed by atoms with van der Waals surface area (Å²) in [6.07, 6.45) is 0.842. The van der Waals surface area contributed by atoms with Crippen LogP contribution in [0.25, 0.3) is 0 Å². The first-order valence-electron chi connectivity index (χ1n) is 11.8. The molecule has 1 amide bonds. The number of carbonyl (C=O) groups excluding carboxylic acids is 1. The van der Waals surface area contributed by atoms with E-state index in [1.54, 1.807) is 0 Å². The molecule has 5 nitrogen and oxygen atoms in total. The molecule has 3 atom stereocenters. The van der Waals surface area contributed by atoms with Crippen molar-refractivity contribution in [1.82, 2.24) is 10.6 Å². The third kappa shape index (κ3) is 8.11. The van der Waals surface area contributed by atoms with E-state index in [0.717, 1.165) is 30.2 Å². The third-order valence-corrected chi connectivity index (χ3v) is 9.34. The molecule has 1 heterocycles. The molecule has 2 aromatic rings. The van der Waals surface area contributed by atoms with E-state index in [9.17, 15) is 18.7 Å². The average molecular weight is 601 g/mol. The van der Waals surface area contributed by atoms with Gasteiger partial charge in [0.2, 0.25) is 0 Å². The quantitative estimate of drug-likeness (QED) is 0.230. The molecule has 3 N–H and O–H groups in total. The maximum absolute atomic E-state index is 13.6. The van der Waals surface area contributed by atoms with Gasteiger partial charge < -0.3 is 0 Å². The van der Waals surface area contributed by atoms with Crippen LogP contribution in [0, 0.1) is 17.0 Å². The van der Waals surface area contributed by atoms with Crippen LogP contribution in [0.1, 0.15) is 57.7 Å². The van der Waals surface area contributed by atoms with Crippen LogP contribution in [0.15, 0.2) is 36.4 Å². The molecule has 0 saturated heterocycles. The fraction of sp³-hybridized carbons (Fsp3) is 0.519. The van der Waals surface area contributed by atoms with Crippen molar-refractivity contribution in [2.24, 2.45) is 5.41 Å². The Labute approximate surface area is 217 Å². The summed E-state index contributed by atoms with van der Waals surface area (Å²) < 4.78 is 33.0. The Hall–Kier alpha value is -1.78. The number of carbonyl (C=O) groups is 1. The van der Waals surface area contributed by atoms with Gasteiger partial charge in [-0.25, -0.2) is 0 Å². The summed E-state index contributed by atoms with van der Waals surface area (Å²) in [7, 11) is 0. The molecular formula is C27H36F2IN2O3-. The van der Waals surface area contributed by atoms with Gasteiger partial charge in [0.05, 0.1) is 0 Å². The summed E-state index contributed by atoms with van der Waals surface area (Å²) in [6, 6.07) is 9.76. The number of aliphatic hydroxyl groups is 1. The number of hydrogen-bond donors (Lipinski definition) is 3. The number of rotatable bonds is 9. The van der Waals surface area contributed by atoms with Crippen LogP contribution in [-0.4, -0.2) is 34.3 Å². The van der Waals surface area contributed by atoms with E-state index in [4.69, 9.17) is 4.74 Å². The van der Waals surface area contributed by atoms with Crippen molar-refractivity contribution in [2.45, 2.75) is 67.6 Å². The van der Waals surface area contributed by atoms with E-state index in [1.807, 2.05) is 6.07 Å². The predicted molar refractivity (Wildman–Crippen MR) is 129 cm³/mol. The van der Waals surface area contributed by atoms with Crippen LogP contribution >= 0.6 is 0 Å². The minimum atomic E-state index is -0.842. The molecule has 194 valence electrons. The molecule has 0 bridgehead atoms. The molecule has 0 fully saturated rings. The van der Waals surface area contributed by atoms with Crippen molar-refractivity contribution in [3.8, 4) is 5.75 Å². The molecule has 0 spiro atoms. The number of hydrogen-bond acceptors (Lipinski definition) is 4.